The fraction of sp³-hybridized carbons (Fsp3) is 0.381. The Bertz CT molecular complexity index is 818. The summed E-state index contributed by atoms with van der Waals surface area (Å²) >= 11 is 0. The summed E-state index contributed by atoms with van der Waals surface area (Å²) in [7, 11) is 0. The number of carbonyl (C=O) groups excluding carboxylic acids is 2. The number of anilines is 1. The third-order valence-corrected chi connectivity index (χ3v) is 5.08. The minimum absolute atomic E-state index is 0.138. The van der Waals surface area contributed by atoms with Crippen LogP contribution in [0.5, 0.6) is 5.75 Å². The van der Waals surface area contributed by atoms with Crippen LogP contribution in [0.15, 0.2) is 48.7 Å². The van der Waals surface area contributed by atoms with Crippen molar-refractivity contribution in [2.45, 2.75) is 31.8 Å². The molecule has 27 heavy (non-hydrogen) atoms. The maximum Gasteiger partial charge on any atom is 0.274 e. The summed E-state index contributed by atoms with van der Waals surface area (Å²) in [5.74, 6) is 1.16. The molecule has 0 aliphatic carbocycles. The van der Waals surface area contributed by atoms with E-state index in [-0.39, 0.29) is 11.8 Å². The Labute approximate surface area is 158 Å². The Morgan fingerprint density at radius 1 is 1.11 bits per heavy atom. The Balaban J connectivity index is 1.49. The fourth-order valence-electron chi connectivity index (χ4n) is 3.67. The van der Waals surface area contributed by atoms with Crippen molar-refractivity contribution in [2.75, 3.05) is 24.5 Å². The lowest BCUT2D eigenvalue weighted by molar-refractivity contribution is -0.130. The van der Waals surface area contributed by atoms with Gasteiger partial charge < -0.3 is 9.64 Å². The average Bonchev–Trinajstić information content (AvgIpc) is 3.25. The van der Waals surface area contributed by atoms with Crippen LogP contribution in [0, 0.1) is 0 Å². The standard InChI is InChI=1S/C21H23N3O3/c25-18(23-13-4-5-14-23)11-7-15-24-20-17(10-6-12-22-20)27-19(21(24)26)16-8-2-1-3-9-16/h1-3,6,8-10,12,19H,4-5,7,11,13-15H2. The van der Waals surface area contributed by atoms with E-state index in [0.29, 0.717) is 31.0 Å². The number of hydrogen-bond donors (Lipinski definition) is 0. The lowest BCUT2D eigenvalue weighted by Gasteiger charge is -2.33. The maximum absolute atomic E-state index is 13.1. The van der Waals surface area contributed by atoms with Gasteiger partial charge >= 0.3 is 0 Å². The third-order valence-electron chi connectivity index (χ3n) is 5.08. The molecule has 2 aliphatic heterocycles. The zero-order valence-electron chi connectivity index (χ0n) is 15.2. The van der Waals surface area contributed by atoms with Crippen molar-refractivity contribution in [1.82, 2.24) is 9.88 Å². The van der Waals surface area contributed by atoms with Crippen molar-refractivity contribution in [3.63, 3.8) is 0 Å². The molecule has 4 rings (SSSR count). The first-order valence-corrected chi connectivity index (χ1v) is 9.50. The molecule has 1 fully saturated rings. The molecule has 1 saturated heterocycles. The van der Waals surface area contributed by atoms with E-state index in [1.165, 1.54) is 0 Å². The number of rotatable bonds is 5. The number of hydrogen-bond acceptors (Lipinski definition) is 4. The Hall–Kier alpha value is -2.89. The van der Waals surface area contributed by atoms with Crippen molar-refractivity contribution in [3.05, 3.63) is 54.2 Å². The second-order valence-corrected chi connectivity index (χ2v) is 6.92. The fourth-order valence-corrected chi connectivity index (χ4v) is 3.67. The predicted octanol–water partition coefficient (Wildman–Crippen LogP) is 2.95. The van der Waals surface area contributed by atoms with Gasteiger partial charge in [-0.1, -0.05) is 30.3 Å². The van der Waals surface area contributed by atoms with Gasteiger partial charge in [-0.3, -0.25) is 14.5 Å². The zero-order chi connectivity index (χ0) is 18.6. The topological polar surface area (TPSA) is 62.7 Å². The van der Waals surface area contributed by atoms with E-state index in [1.807, 2.05) is 41.3 Å². The van der Waals surface area contributed by atoms with Crippen molar-refractivity contribution in [1.29, 1.82) is 0 Å². The largest absolute Gasteiger partial charge is 0.472 e. The Morgan fingerprint density at radius 3 is 2.67 bits per heavy atom. The van der Waals surface area contributed by atoms with Gasteiger partial charge in [0.15, 0.2) is 11.6 Å². The van der Waals surface area contributed by atoms with Crippen molar-refractivity contribution >= 4 is 17.6 Å². The molecule has 6 nitrogen and oxygen atoms in total. The number of carbonyl (C=O) groups is 2. The lowest BCUT2D eigenvalue weighted by atomic mass is 10.1. The molecule has 3 heterocycles. The highest BCUT2D eigenvalue weighted by Crippen LogP contribution is 2.37. The lowest BCUT2D eigenvalue weighted by Crippen LogP contribution is -2.42. The highest BCUT2D eigenvalue weighted by Gasteiger charge is 2.36. The molecular formula is C21H23N3O3. The van der Waals surface area contributed by atoms with Crippen LogP contribution in [0.25, 0.3) is 0 Å². The predicted molar refractivity (Wildman–Crippen MR) is 101 cm³/mol. The van der Waals surface area contributed by atoms with Gasteiger partial charge in [0.1, 0.15) is 0 Å². The molecule has 0 bridgehead atoms. The van der Waals surface area contributed by atoms with Crippen LogP contribution in [-0.2, 0) is 9.59 Å². The summed E-state index contributed by atoms with van der Waals surface area (Å²) in [6.07, 6.45) is 4.20. The van der Waals surface area contributed by atoms with Crippen molar-refractivity contribution in [2.24, 2.45) is 0 Å². The SMILES string of the molecule is O=C(CCCN1C(=O)C(c2ccccc2)Oc2cccnc21)N1CCCC1. The van der Waals surface area contributed by atoms with Gasteiger partial charge in [-0.15, -0.1) is 0 Å². The third kappa shape index (κ3) is 3.65. The first kappa shape index (κ1) is 17.5. The second-order valence-electron chi connectivity index (χ2n) is 6.92. The van der Waals surface area contributed by atoms with Gasteiger partial charge in [0, 0.05) is 37.8 Å². The van der Waals surface area contributed by atoms with E-state index >= 15 is 0 Å². The normalized spacial score (nSPS) is 19.0. The highest BCUT2D eigenvalue weighted by molar-refractivity contribution is 5.99. The summed E-state index contributed by atoms with van der Waals surface area (Å²) in [6, 6.07) is 13.1. The van der Waals surface area contributed by atoms with Gasteiger partial charge in [-0.25, -0.2) is 4.98 Å². The van der Waals surface area contributed by atoms with E-state index in [2.05, 4.69) is 4.98 Å². The number of aromatic nitrogens is 1. The summed E-state index contributed by atoms with van der Waals surface area (Å²) < 4.78 is 5.94. The summed E-state index contributed by atoms with van der Waals surface area (Å²) in [5, 5.41) is 0. The number of ether oxygens (including phenoxy) is 1. The average molecular weight is 365 g/mol. The van der Waals surface area contributed by atoms with Crippen molar-refractivity contribution in [3.8, 4) is 5.75 Å². The van der Waals surface area contributed by atoms with Crippen LogP contribution < -0.4 is 9.64 Å². The number of amides is 2. The summed E-state index contributed by atoms with van der Waals surface area (Å²) in [4.78, 5) is 33.3. The monoisotopic (exact) mass is 365 g/mol. The molecular weight excluding hydrogens is 342 g/mol. The Kier molecular flexibility index (Phi) is 5.05. The minimum atomic E-state index is -0.683. The molecule has 0 spiro atoms. The molecule has 0 saturated carbocycles. The van der Waals surface area contributed by atoms with Gasteiger partial charge in [-0.05, 0) is 31.4 Å². The van der Waals surface area contributed by atoms with Crippen LogP contribution in [0.1, 0.15) is 37.4 Å². The molecule has 2 aliphatic rings. The van der Waals surface area contributed by atoms with Crippen LogP contribution in [0.4, 0.5) is 5.82 Å². The molecule has 1 unspecified atom stereocenters. The summed E-state index contributed by atoms with van der Waals surface area (Å²) in [6.45, 7) is 2.17. The minimum Gasteiger partial charge on any atom is -0.472 e. The van der Waals surface area contributed by atoms with E-state index < -0.39 is 6.10 Å². The van der Waals surface area contributed by atoms with E-state index in [0.717, 1.165) is 31.5 Å². The van der Waals surface area contributed by atoms with E-state index in [9.17, 15) is 9.59 Å². The number of pyridine rings is 1. The molecule has 2 aromatic rings. The van der Waals surface area contributed by atoms with Gasteiger partial charge in [-0.2, -0.15) is 0 Å². The van der Waals surface area contributed by atoms with Crippen LogP contribution in [0.2, 0.25) is 0 Å². The second kappa shape index (κ2) is 7.78. The maximum atomic E-state index is 13.1. The molecule has 0 N–H and O–H groups in total. The molecule has 1 atom stereocenters. The van der Waals surface area contributed by atoms with Crippen LogP contribution >= 0.6 is 0 Å². The van der Waals surface area contributed by atoms with Crippen LogP contribution in [-0.4, -0.2) is 41.3 Å². The van der Waals surface area contributed by atoms with Gasteiger partial charge in [0.2, 0.25) is 12.0 Å². The molecule has 1 aromatic heterocycles. The zero-order valence-corrected chi connectivity index (χ0v) is 15.2. The van der Waals surface area contributed by atoms with Crippen molar-refractivity contribution < 1.29 is 14.3 Å². The molecule has 140 valence electrons. The van der Waals surface area contributed by atoms with Crippen LogP contribution in [0.3, 0.4) is 0 Å². The quantitative estimate of drug-likeness (QED) is 0.817. The number of benzene rings is 1. The first-order chi connectivity index (χ1) is 13.2. The van der Waals surface area contributed by atoms with E-state index in [4.69, 9.17) is 4.74 Å². The number of nitrogens with zero attached hydrogens (tertiary/aromatic N) is 3. The molecule has 2 amide bonds. The van der Waals surface area contributed by atoms with E-state index in [1.54, 1.807) is 17.2 Å². The highest BCUT2D eigenvalue weighted by atomic mass is 16.5. The Morgan fingerprint density at radius 2 is 1.89 bits per heavy atom. The molecule has 1 aromatic carbocycles. The summed E-state index contributed by atoms with van der Waals surface area (Å²) in [5.41, 5.74) is 0.815. The molecule has 6 heteroatoms. The van der Waals surface area contributed by atoms with Gasteiger partial charge in [0.25, 0.3) is 5.91 Å². The molecule has 0 radical (unpaired) electrons. The van der Waals surface area contributed by atoms with Gasteiger partial charge in [0.05, 0.1) is 0 Å². The number of fused-ring (bicyclic) bond motifs is 1. The smallest absolute Gasteiger partial charge is 0.274 e. The first-order valence-electron chi connectivity index (χ1n) is 9.50. The number of likely N-dealkylation sites (tertiary alicyclic amines) is 1.